The number of hydrogen-bond acceptors (Lipinski definition) is 6. The highest BCUT2D eigenvalue weighted by molar-refractivity contribution is 6.02. The lowest BCUT2D eigenvalue weighted by Gasteiger charge is -2.33. The molecule has 0 fully saturated rings. The summed E-state index contributed by atoms with van der Waals surface area (Å²) in [4.78, 5) is 49.1. The number of nitrogens with one attached hydrogen (secondary N) is 4. The van der Waals surface area contributed by atoms with Crippen LogP contribution in [0.2, 0.25) is 0 Å². The fourth-order valence-electron chi connectivity index (χ4n) is 4.96. The second-order valence-corrected chi connectivity index (χ2v) is 10.1. The predicted molar refractivity (Wildman–Crippen MR) is 167 cm³/mol. The lowest BCUT2D eigenvalue weighted by atomic mass is 9.90. The van der Waals surface area contributed by atoms with Crippen LogP contribution in [0.5, 0.6) is 0 Å². The Balaban J connectivity index is 1.64. The number of hydrogen-bond donors (Lipinski definition) is 6. The van der Waals surface area contributed by atoms with Gasteiger partial charge in [0.1, 0.15) is 12.2 Å². The van der Waals surface area contributed by atoms with Gasteiger partial charge in [0.2, 0.25) is 12.8 Å². The van der Waals surface area contributed by atoms with Crippen LogP contribution in [0, 0.1) is 0 Å². The van der Waals surface area contributed by atoms with Crippen molar-refractivity contribution in [1.29, 1.82) is 0 Å². The highest BCUT2D eigenvalue weighted by Crippen LogP contribution is 2.20. The number of aliphatic hydroxyl groups excluding tert-OH is 2. The zero-order chi connectivity index (χ0) is 31.3. The highest BCUT2D eigenvalue weighted by Gasteiger charge is 2.35. The monoisotopic (exact) mass is 594 g/mol. The summed E-state index contributed by atoms with van der Waals surface area (Å²) in [5, 5.41) is 33.9. The molecule has 0 saturated carbocycles. The summed E-state index contributed by atoms with van der Waals surface area (Å²) in [6, 6.07) is 29.2. The number of para-hydroxylation sites is 2. The molecule has 0 aromatic heterocycles. The van der Waals surface area contributed by atoms with Gasteiger partial charge in [-0.25, -0.2) is 0 Å². The van der Waals surface area contributed by atoms with Crippen molar-refractivity contribution in [3.8, 4) is 0 Å². The van der Waals surface area contributed by atoms with Gasteiger partial charge in [-0.05, 0) is 48.2 Å². The molecular formula is C34H34N4O6. The molecule has 0 spiro atoms. The van der Waals surface area contributed by atoms with E-state index in [9.17, 15) is 29.4 Å². The molecule has 4 amide bonds. The largest absolute Gasteiger partial charge is 0.388 e. The molecule has 4 aromatic rings. The Bertz CT molecular complexity index is 1430. The summed E-state index contributed by atoms with van der Waals surface area (Å²) in [5.41, 5.74) is 2.50. The van der Waals surface area contributed by atoms with Crippen molar-refractivity contribution in [2.24, 2.45) is 0 Å². The van der Waals surface area contributed by atoms with Gasteiger partial charge >= 0.3 is 0 Å². The van der Waals surface area contributed by atoms with Crippen molar-refractivity contribution in [3.63, 3.8) is 0 Å². The Labute approximate surface area is 255 Å². The first kappa shape index (κ1) is 31.6. The molecule has 0 heterocycles. The molecule has 0 aliphatic heterocycles. The molecule has 0 aliphatic carbocycles. The lowest BCUT2D eigenvalue weighted by molar-refractivity contribution is -0.106. The van der Waals surface area contributed by atoms with Gasteiger partial charge in [0, 0.05) is 0 Å². The summed E-state index contributed by atoms with van der Waals surface area (Å²) < 4.78 is 0. The van der Waals surface area contributed by atoms with Crippen molar-refractivity contribution in [1.82, 2.24) is 10.6 Å². The summed E-state index contributed by atoms with van der Waals surface area (Å²) in [7, 11) is 0. The van der Waals surface area contributed by atoms with E-state index in [4.69, 9.17) is 0 Å². The third kappa shape index (κ3) is 8.37. The van der Waals surface area contributed by atoms with Gasteiger partial charge < -0.3 is 31.5 Å². The van der Waals surface area contributed by atoms with E-state index >= 15 is 0 Å². The van der Waals surface area contributed by atoms with E-state index < -0.39 is 36.1 Å². The van der Waals surface area contributed by atoms with Crippen LogP contribution in [0.1, 0.15) is 31.8 Å². The van der Waals surface area contributed by atoms with E-state index in [1.54, 1.807) is 36.4 Å². The minimum absolute atomic E-state index is 0.159. The molecule has 6 N–H and O–H groups in total. The van der Waals surface area contributed by atoms with Crippen LogP contribution in [0.4, 0.5) is 11.4 Å². The summed E-state index contributed by atoms with van der Waals surface area (Å²) in [6.07, 6.45) is -1.83. The van der Waals surface area contributed by atoms with Crippen molar-refractivity contribution in [3.05, 3.63) is 131 Å². The second kappa shape index (κ2) is 15.8. The minimum Gasteiger partial charge on any atom is -0.388 e. The number of carbonyl (C=O) groups is 4. The fourth-order valence-corrected chi connectivity index (χ4v) is 4.96. The molecule has 44 heavy (non-hydrogen) atoms. The quantitative estimate of drug-likeness (QED) is 0.116. The summed E-state index contributed by atoms with van der Waals surface area (Å²) in [5.74, 6) is -1.14. The number of rotatable bonds is 15. The van der Waals surface area contributed by atoms with E-state index in [1.165, 1.54) is 12.1 Å². The number of benzene rings is 4. The molecule has 10 heteroatoms. The van der Waals surface area contributed by atoms with E-state index in [0.717, 1.165) is 11.1 Å². The Morgan fingerprint density at radius 2 is 0.886 bits per heavy atom. The van der Waals surface area contributed by atoms with Crippen LogP contribution in [-0.4, -0.2) is 59.1 Å². The number of anilines is 2. The van der Waals surface area contributed by atoms with Crippen molar-refractivity contribution >= 4 is 36.0 Å². The van der Waals surface area contributed by atoms with Gasteiger partial charge in [-0.1, -0.05) is 84.9 Å². The average molecular weight is 595 g/mol. The van der Waals surface area contributed by atoms with E-state index in [-0.39, 0.29) is 35.3 Å². The zero-order valence-corrected chi connectivity index (χ0v) is 23.8. The van der Waals surface area contributed by atoms with Gasteiger partial charge in [0.25, 0.3) is 11.8 Å². The van der Waals surface area contributed by atoms with Crippen LogP contribution < -0.4 is 21.3 Å². The number of amides is 4. The lowest BCUT2D eigenvalue weighted by Crippen LogP contribution is -2.57. The van der Waals surface area contributed by atoms with Gasteiger partial charge in [-0.3, -0.25) is 19.2 Å². The first-order chi connectivity index (χ1) is 21.4. The molecule has 0 aliphatic rings. The van der Waals surface area contributed by atoms with Crippen LogP contribution >= 0.6 is 0 Å². The van der Waals surface area contributed by atoms with Crippen LogP contribution in [0.15, 0.2) is 109 Å². The maximum atomic E-state index is 13.4. The smallest absolute Gasteiger partial charge is 0.253 e. The van der Waals surface area contributed by atoms with Gasteiger partial charge in [0.05, 0.1) is 34.6 Å². The Morgan fingerprint density at radius 3 is 1.25 bits per heavy atom. The predicted octanol–water partition coefficient (Wildman–Crippen LogP) is 2.93. The van der Waals surface area contributed by atoms with Crippen molar-refractivity contribution in [2.75, 3.05) is 10.6 Å². The molecular weight excluding hydrogens is 560 g/mol. The van der Waals surface area contributed by atoms with E-state index in [0.29, 0.717) is 12.8 Å². The Morgan fingerprint density at radius 1 is 0.545 bits per heavy atom. The fraction of sp³-hybridized carbons (Fsp3) is 0.176. The molecule has 10 nitrogen and oxygen atoms in total. The standard InChI is InChI=1S/C34H34N4O6/c39-21-35-27-17-9-7-15-25(27)33(43)37-29(19-23-11-3-1-4-12-23)31(41)32(42)30(20-24-13-5-2-6-14-24)38-34(44)26-16-8-10-18-28(26)36-22-40/h1-18,21-22,29-32,41-42H,19-20H2,(H,35,39)(H,36,40)(H,37,43)(H,38,44)/t29-,30-,31-,32+/m0/s1. The van der Waals surface area contributed by atoms with Crippen molar-refractivity contribution < 1.29 is 29.4 Å². The maximum Gasteiger partial charge on any atom is 0.253 e. The Kier molecular flexibility index (Phi) is 11.3. The van der Waals surface area contributed by atoms with Gasteiger partial charge in [-0.2, -0.15) is 0 Å². The normalized spacial score (nSPS) is 13.4. The highest BCUT2D eigenvalue weighted by atomic mass is 16.3. The Hall–Kier alpha value is -5.32. The third-order valence-corrected chi connectivity index (χ3v) is 7.18. The van der Waals surface area contributed by atoms with Crippen LogP contribution in [-0.2, 0) is 22.4 Å². The maximum absolute atomic E-state index is 13.4. The van der Waals surface area contributed by atoms with Gasteiger partial charge in [0.15, 0.2) is 0 Å². The molecule has 4 atom stereocenters. The number of aliphatic hydroxyl groups is 2. The van der Waals surface area contributed by atoms with Crippen LogP contribution in [0.3, 0.4) is 0 Å². The van der Waals surface area contributed by atoms with Gasteiger partial charge in [-0.15, -0.1) is 0 Å². The number of carbonyl (C=O) groups excluding carboxylic acids is 4. The van der Waals surface area contributed by atoms with Crippen molar-refractivity contribution in [2.45, 2.75) is 37.1 Å². The average Bonchev–Trinajstić information content (AvgIpc) is 3.05. The first-order valence-electron chi connectivity index (χ1n) is 14.1. The molecule has 226 valence electrons. The molecule has 4 aromatic carbocycles. The third-order valence-electron chi connectivity index (χ3n) is 7.18. The minimum atomic E-state index is -1.54. The molecule has 0 unspecified atom stereocenters. The second-order valence-electron chi connectivity index (χ2n) is 10.1. The first-order valence-corrected chi connectivity index (χ1v) is 14.1. The molecule has 0 radical (unpaired) electrons. The molecule has 4 rings (SSSR count). The summed E-state index contributed by atoms with van der Waals surface area (Å²) in [6.45, 7) is 0. The SMILES string of the molecule is O=CNc1ccccc1C(=O)N[C@@H](Cc1ccccc1)[C@H](O)[C@H](O)[C@H](Cc1ccccc1)NC(=O)c1ccccc1NC=O. The molecule has 0 bridgehead atoms. The zero-order valence-electron chi connectivity index (χ0n) is 23.8. The van der Waals surface area contributed by atoms with Crippen LogP contribution in [0.25, 0.3) is 0 Å². The summed E-state index contributed by atoms with van der Waals surface area (Å²) >= 11 is 0. The topological polar surface area (TPSA) is 157 Å². The molecule has 0 saturated heterocycles. The van der Waals surface area contributed by atoms with E-state index in [2.05, 4.69) is 21.3 Å². The van der Waals surface area contributed by atoms with E-state index in [1.807, 2.05) is 60.7 Å².